The van der Waals surface area contributed by atoms with E-state index in [4.69, 9.17) is 0 Å². The van der Waals surface area contributed by atoms with Gasteiger partial charge in [0.15, 0.2) is 0 Å². The molecule has 3 nitrogen and oxygen atoms in total. The molecule has 1 aliphatic rings. The number of nitrogens with zero attached hydrogens (tertiary/aromatic N) is 2. The average molecular weight is 227 g/mol. The molecule has 0 fully saturated rings. The summed E-state index contributed by atoms with van der Waals surface area (Å²) < 4.78 is 36.7. The summed E-state index contributed by atoms with van der Waals surface area (Å²) >= 11 is 0. The maximum atomic E-state index is 12.2. The fraction of sp³-hybridized carbons (Fsp3) is 0.200. The van der Waals surface area contributed by atoms with Crippen LogP contribution >= 0.6 is 0 Å². The van der Waals surface area contributed by atoms with Gasteiger partial charge in [0, 0.05) is 24.8 Å². The van der Waals surface area contributed by atoms with Crippen molar-refractivity contribution in [3.63, 3.8) is 0 Å². The summed E-state index contributed by atoms with van der Waals surface area (Å²) in [6, 6.07) is 2.13. The highest BCUT2D eigenvalue weighted by molar-refractivity contribution is 5.68. The zero-order valence-electron chi connectivity index (χ0n) is 8.07. The zero-order chi connectivity index (χ0) is 11.6. The molecule has 1 aromatic heterocycles. The quantitative estimate of drug-likeness (QED) is 0.799. The van der Waals surface area contributed by atoms with E-state index in [9.17, 15) is 13.2 Å². The monoisotopic (exact) mass is 227 g/mol. The molecule has 0 saturated carbocycles. The Morgan fingerprint density at radius 1 is 1.25 bits per heavy atom. The molecule has 6 heteroatoms. The van der Waals surface area contributed by atoms with E-state index in [2.05, 4.69) is 15.3 Å². The molecule has 0 radical (unpaired) electrons. The minimum atomic E-state index is -4.40. The van der Waals surface area contributed by atoms with Gasteiger partial charge < -0.3 is 5.32 Å². The van der Waals surface area contributed by atoms with Crippen LogP contribution in [-0.4, -0.2) is 11.2 Å². The molecule has 2 rings (SSSR count). The van der Waals surface area contributed by atoms with Crippen molar-refractivity contribution >= 4 is 6.21 Å². The van der Waals surface area contributed by atoms with E-state index in [0.29, 0.717) is 5.56 Å². The number of aromatic nitrogens is 1. The number of pyridine rings is 1. The Kier molecular flexibility index (Phi) is 2.64. The molecule has 1 atom stereocenters. The predicted octanol–water partition coefficient (Wildman–Crippen LogP) is 2.29. The van der Waals surface area contributed by atoms with Crippen molar-refractivity contribution in [1.82, 2.24) is 10.3 Å². The molecule has 16 heavy (non-hydrogen) atoms. The molecule has 0 aliphatic carbocycles. The molecule has 1 N–H and O–H groups in total. The van der Waals surface area contributed by atoms with Gasteiger partial charge >= 0.3 is 6.18 Å². The van der Waals surface area contributed by atoms with Gasteiger partial charge in [0.1, 0.15) is 5.69 Å². The standard InChI is InChI=1S/C10H8F3N3/c11-10(12,13)9-2-1-7(5-16-9)8-6-14-3-4-15-8/h1-6,8,15H. The molecule has 0 saturated heterocycles. The molecule has 84 valence electrons. The number of aliphatic imine (C=N–C) groups is 1. The van der Waals surface area contributed by atoms with Crippen LogP contribution in [0.15, 0.2) is 35.7 Å². The van der Waals surface area contributed by atoms with Gasteiger partial charge in [-0.1, -0.05) is 6.07 Å². The molecule has 0 amide bonds. The number of nitrogens with one attached hydrogen (secondary N) is 1. The summed E-state index contributed by atoms with van der Waals surface area (Å²) in [6.07, 6.45) is 1.60. The van der Waals surface area contributed by atoms with Crippen LogP contribution in [0.3, 0.4) is 0 Å². The SMILES string of the molecule is FC(F)(F)c1ccc(C2C=NC=CN2)cn1. The summed E-state index contributed by atoms with van der Waals surface area (Å²) in [5.41, 5.74) is -0.249. The predicted molar refractivity (Wildman–Crippen MR) is 52.7 cm³/mol. The Balaban J connectivity index is 2.19. The van der Waals surface area contributed by atoms with Crippen molar-refractivity contribution in [2.24, 2.45) is 4.99 Å². The lowest BCUT2D eigenvalue weighted by Gasteiger charge is -2.15. The number of rotatable bonds is 1. The first-order chi connectivity index (χ1) is 7.57. The van der Waals surface area contributed by atoms with Crippen LogP contribution in [-0.2, 0) is 6.18 Å². The van der Waals surface area contributed by atoms with Gasteiger partial charge in [-0.3, -0.25) is 9.98 Å². The Morgan fingerprint density at radius 3 is 2.56 bits per heavy atom. The van der Waals surface area contributed by atoms with Crippen molar-refractivity contribution in [2.75, 3.05) is 0 Å². The van der Waals surface area contributed by atoms with E-state index in [-0.39, 0.29) is 6.04 Å². The molecular weight excluding hydrogens is 219 g/mol. The van der Waals surface area contributed by atoms with Crippen LogP contribution in [0.4, 0.5) is 13.2 Å². The van der Waals surface area contributed by atoms with Gasteiger partial charge in [0.05, 0.1) is 6.04 Å². The van der Waals surface area contributed by atoms with Gasteiger partial charge in [-0.15, -0.1) is 0 Å². The van der Waals surface area contributed by atoms with E-state index in [1.165, 1.54) is 12.3 Å². The Bertz CT molecular complexity index is 420. The maximum absolute atomic E-state index is 12.2. The van der Waals surface area contributed by atoms with Crippen LogP contribution in [0.1, 0.15) is 17.3 Å². The lowest BCUT2D eigenvalue weighted by molar-refractivity contribution is -0.141. The van der Waals surface area contributed by atoms with Crippen molar-refractivity contribution in [1.29, 1.82) is 0 Å². The summed E-state index contributed by atoms with van der Waals surface area (Å²) in [6.45, 7) is 0. The largest absolute Gasteiger partial charge is 0.433 e. The Morgan fingerprint density at radius 2 is 2.06 bits per heavy atom. The third-order valence-corrected chi connectivity index (χ3v) is 2.11. The summed E-state index contributed by atoms with van der Waals surface area (Å²) in [7, 11) is 0. The fourth-order valence-corrected chi connectivity index (χ4v) is 1.31. The maximum Gasteiger partial charge on any atom is 0.433 e. The third-order valence-electron chi connectivity index (χ3n) is 2.11. The van der Waals surface area contributed by atoms with E-state index < -0.39 is 11.9 Å². The molecule has 1 aliphatic heterocycles. The molecule has 1 aromatic rings. The zero-order valence-corrected chi connectivity index (χ0v) is 8.07. The minimum Gasteiger partial charge on any atom is -0.378 e. The van der Waals surface area contributed by atoms with Crippen LogP contribution in [0, 0.1) is 0 Å². The van der Waals surface area contributed by atoms with Gasteiger partial charge in [-0.05, 0) is 11.6 Å². The Labute approximate surface area is 89.7 Å². The number of hydrogen-bond donors (Lipinski definition) is 1. The van der Waals surface area contributed by atoms with E-state index >= 15 is 0 Å². The topological polar surface area (TPSA) is 37.3 Å². The van der Waals surface area contributed by atoms with Crippen LogP contribution in [0.25, 0.3) is 0 Å². The number of alkyl halides is 3. The highest BCUT2D eigenvalue weighted by Gasteiger charge is 2.32. The molecule has 0 spiro atoms. The van der Waals surface area contributed by atoms with Crippen LogP contribution in [0.2, 0.25) is 0 Å². The van der Waals surface area contributed by atoms with E-state index in [1.807, 2.05) is 0 Å². The fourth-order valence-electron chi connectivity index (χ4n) is 1.31. The third kappa shape index (κ3) is 2.21. The van der Waals surface area contributed by atoms with E-state index in [1.54, 1.807) is 18.6 Å². The van der Waals surface area contributed by atoms with Crippen molar-refractivity contribution in [3.8, 4) is 0 Å². The number of halogens is 3. The Hall–Kier alpha value is -1.85. The van der Waals surface area contributed by atoms with Crippen LogP contribution < -0.4 is 5.32 Å². The van der Waals surface area contributed by atoms with Crippen molar-refractivity contribution in [2.45, 2.75) is 12.2 Å². The second-order valence-electron chi connectivity index (χ2n) is 3.23. The summed E-state index contributed by atoms with van der Waals surface area (Å²) in [4.78, 5) is 7.26. The van der Waals surface area contributed by atoms with E-state index in [0.717, 1.165) is 6.07 Å². The van der Waals surface area contributed by atoms with Gasteiger partial charge in [0.2, 0.25) is 0 Å². The lowest BCUT2D eigenvalue weighted by Crippen LogP contribution is -2.19. The second kappa shape index (κ2) is 3.96. The van der Waals surface area contributed by atoms with Gasteiger partial charge in [-0.2, -0.15) is 13.2 Å². The molecule has 2 heterocycles. The molecule has 0 aromatic carbocycles. The van der Waals surface area contributed by atoms with Gasteiger partial charge in [0.25, 0.3) is 0 Å². The summed E-state index contributed by atoms with van der Waals surface area (Å²) in [5, 5.41) is 2.94. The van der Waals surface area contributed by atoms with Crippen LogP contribution in [0.5, 0.6) is 0 Å². The second-order valence-corrected chi connectivity index (χ2v) is 3.23. The molecule has 0 bridgehead atoms. The molecule has 1 unspecified atom stereocenters. The average Bonchev–Trinajstić information content (AvgIpc) is 2.29. The highest BCUT2D eigenvalue weighted by atomic mass is 19.4. The normalized spacial score (nSPS) is 19.6. The number of hydrogen-bond acceptors (Lipinski definition) is 3. The van der Waals surface area contributed by atoms with Gasteiger partial charge in [-0.25, -0.2) is 0 Å². The molecular formula is C10H8F3N3. The first-order valence-electron chi connectivity index (χ1n) is 4.55. The lowest BCUT2D eigenvalue weighted by atomic mass is 10.1. The first kappa shape index (κ1) is 10.7. The summed E-state index contributed by atoms with van der Waals surface area (Å²) in [5.74, 6) is 0. The first-order valence-corrected chi connectivity index (χ1v) is 4.55. The minimum absolute atomic E-state index is 0.222. The highest BCUT2D eigenvalue weighted by Crippen LogP contribution is 2.27. The van der Waals surface area contributed by atoms with Crippen molar-refractivity contribution in [3.05, 3.63) is 42.0 Å². The van der Waals surface area contributed by atoms with Crippen molar-refractivity contribution < 1.29 is 13.2 Å². The smallest absolute Gasteiger partial charge is 0.378 e.